The Morgan fingerprint density at radius 1 is 1.48 bits per heavy atom. The molecule has 0 atom stereocenters. The standard InChI is InChI=1S/C14H16BrIN4O/c1-8(2)21-13-10(4-11(15)5-12(13)16)6-18-20-7-9(3)19-14(20)17/h4-8H,1-3H3,(H2,17,19). The first-order chi connectivity index (χ1) is 9.86. The van der Waals surface area contributed by atoms with Crippen LogP contribution in [0, 0.1) is 10.5 Å². The average molecular weight is 463 g/mol. The van der Waals surface area contributed by atoms with Gasteiger partial charge in [0.1, 0.15) is 5.75 Å². The van der Waals surface area contributed by atoms with Crippen molar-refractivity contribution in [2.45, 2.75) is 26.9 Å². The summed E-state index contributed by atoms with van der Waals surface area (Å²) in [6, 6.07) is 3.97. The van der Waals surface area contributed by atoms with Crippen molar-refractivity contribution in [1.29, 1.82) is 0 Å². The van der Waals surface area contributed by atoms with Gasteiger partial charge in [0.2, 0.25) is 5.95 Å². The van der Waals surface area contributed by atoms with Gasteiger partial charge in [0.15, 0.2) is 0 Å². The van der Waals surface area contributed by atoms with Crippen LogP contribution in [0.2, 0.25) is 0 Å². The van der Waals surface area contributed by atoms with Gasteiger partial charge in [-0.3, -0.25) is 0 Å². The number of nitrogen functional groups attached to an aromatic ring is 1. The van der Waals surface area contributed by atoms with Gasteiger partial charge in [-0.25, -0.2) is 9.66 Å². The second-order valence-corrected chi connectivity index (χ2v) is 6.88. The van der Waals surface area contributed by atoms with Gasteiger partial charge in [-0.05, 0) is 55.5 Å². The third-order valence-corrected chi connectivity index (χ3v) is 3.81. The monoisotopic (exact) mass is 462 g/mol. The minimum Gasteiger partial charge on any atom is -0.489 e. The molecule has 0 saturated carbocycles. The Bertz CT molecular complexity index is 682. The van der Waals surface area contributed by atoms with E-state index in [9.17, 15) is 0 Å². The van der Waals surface area contributed by atoms with Crippen molar-refractivity contribution < 1.29 is 4.74 Å². The highest BCUT2D eigenvalue weighted by Crippen LogP contribution is 2.29. The van der Waals surface area contributed by atoms with E-state index in [0.29, 0.717) is 5.95 Å². The number of nitrogens with two attached hydrogens (primary N) is 1. The van der Waals surface area contributed by atoms with Gasteiger partial charge in [0.05, 0.1) is 27.8 Å². The molecule has 0 fully saturated rings. The lowest BCUT2D eigenvalue weighted by Crippen LogP contribution is -2.09. The van der Waals surface area contributed by atoms with E-state index < -0.39 is 0 Å². The fourth-order valence-electron chi connectivity index (χ4n) is 1.76. The number of rotatable bonds is 4. The average Bonchev–Trinajstić information content (AvgIpc) is 2.68. The van der Waals surface area contributed by atoms with Crippen molar-refractivity contribution in [2.75, 3.05) is 5.73 Å². The van der Waals surface area contributed by atoms with E-state index in [2.05, 4.69) is 48.6 Å². The van der Waals surface area contributed by atoms with E-state index in [0.717, 1.165) is 25.0 Å². The van der Waals surface area contributed by atoms with Crippen LogP contribution in [0.1, 0.15) is 25.1 Å². The molecule has 0 bridgehead atoms. The van der Waals surface area contributed by atoms with Crippen LogP contribution in [0.5, 0.6) is 5.75 Å². The van der Waals surface area contributed by atoms with Crippen LogP contribution in [0.25, 0.3) is 0 Å². The Morgan fingerprint density at radius 2 is 2.19 bits per heavy atom. The predicted molar refractivity (Wildman–Crippen MR) is 97.0 cm³/mol. The Hall–Kier alpha value is -1.09. The topological polar surface area (TPSA) is 65.4 Å². The fraction of sp³-hybridized carbons (Fsp3) is 0.286. The van der Waals surface area contributed by atoms with Crippen LogP contribution < -0.4 is 10.5 Å². The first kappa shape index (κ1) is 16.3. The van der Waals surface area contributed by atoms with Gasteiger partial charge in [-0.15, -0.1) is 0 Å². The van der Waals surface area contributed by atoms with Crippen LogP contribution >= 0.6 is 38.5 Å². The molecule has 0 aliphatic rings. The molecule has 0 saturated heterocycles. The molecule has 0 unspecified atom stereocenters. The summed E-state index contributed by atoms with van der Waals surface area (Å²) < 4.78 is 9.41. The minimum absolute atomic E-state index is 0.0902. The van der Waals surface area contributed by atoms with Gasteiger partial charge >= 0.3 is 0 Å². The van der Waals surface area contributed by atoms with E-state index in [1.54, 1.807) is 17.1 Å². The highest BCUT2D eigenvalue weighted by molar-refractivity contribution is 14.1. The zero-order chi connectivity index (χ0) is 15.6. The largest absolute Gasteiger partial charge is 0.489 e. The summed E-state index contributed by atoms with van der Waals surface area (Å²) in [7, 11) is 0. The number of imidazole rings is 1. The molecule has 2 N–H and O–H groups in total. The highest BCUT2D eigenvalue weighted by Gasteiger charge is 2.11. The first-order valence-electron chi connectivity index (χ1n) is 6.38. The quantitative estimate of drug-likeness (QED) is 0.555. The molecule has 1 heterocycles. The number of aryl methyl sites for hydroxylation is 1. The van der Waals surface area contributed by atoms with Crippen molar-refractivity contribution in [3.8, 4) is 5.75 Å². The lowest BCUT2D eigenvalue weighted by Gasteiger charge is -2.14. The van der Waals surface area contributed by atoms with E-state index >= 15 is 0 Å². The summed E-state index contributed by atoms with van der Waals surface area (Å²) in [6.07, 6.45) is 3.59. The maximum absolute atomic E-state index is 5.88. The molecule has 0 radical (unpaired) electrons. The third-order valence-electron chi connectivity index (χ3n) is 2.55. The Kier molecular flexibility index (Phi) is 5.26. The van der Waals surface area contributed by atoms with E-state index in [-0.39, 0.29) is 6.10 Å². The Morgan fingerprint density at radius 3 is 2.76 bits per heavy atom. The molecule has 0 aliphatic carbocycles. The van der Waals surface area contributed by atoms with Crippen LogP contribution in [0.4, 0.5) is 5.95 Å². The van der Waals surface area contributed by atoms with Crippen molar-refractivity contribution in [3.63, 3.8) is 0 Å². The molecule has 2 rings (SSSR count). The lowest BCUT2D eigenvalue weighted by molar-refractivity contribution is 0.240. The van der Waals surface area contributed by atoms with Crippen molar-refractivity contribution in [3.05, 3.63) is 37.6 Å². The number of nitrogens with zero attached hydrogens (tertiary/aromatic N) is 3. The molecule has 0 amide bonds. The molecule has 112 valence electrons. The number of ether oxygens (including phenoxy) is 1. The van der Waals surface area contributed by atoms with Gasteiger partial charge in [0, 0.05) is 10.0 Å². The molecule has 21 heavy (non-hydrogen) atoms. The van der Waals surface area contributed by atoms with Gasteiger partial charge in [0.25, 0.3) is 0 Å². The maximum Gasteiger partial charge on any atom is 0.221 e. The van der Waals surface area contributed by atoms with E-state index in [4.69, 9.17) is 10.5 Å². The van der Waals surface area contributed by atoms with E-state index in [1.807, 2.05) is 32.9 Å². The molecule has 1 aromatic heterocycles. The summed E-state index contributed by atoms with van der Waals surface area (Å²) in [5.74, 6) is 1.17. The fourth-order valence-corrected chi connectivity index (χ4v) is 3.43. The minimum atomic E-state index is 0.0902. The highest BCUT2D eigenvalue weighted by atomic mass is 127. The van der Waals surface area contributed by atoms with Crippen LogP contribution in [0.15, 0.2) is 27.9 Å². The SMILES string of the molecule is Cc1cn(N=Cc2cc(Br)cc(I)c2OC(C)C)c(N)n1. The predicted octanol–water partition coefficient (Wildman–Crippen LogP) is 3.81. The number of halogens is 2. The van der Waals surface area contributed by atoms with Crippen molar-refractivity contribution >= 4 is 50.7 Å². The maximum atomic E-state index is 5.88. The third kappa shape index (κ3) is 4.19. The molecule has 1 aromatic carbocycles. The number of hydrogen-bond donors (Lipinski definition) is 1. The van der Waals surface area contributed by atoms with Crippen molar-refractivity contribution in [1.82, 2.24) is 9.66 Å². The zero-order valence-electron chi connectivity index (χ0n) is 12.0. The lowest BCUT2D eigenvalue weighted by atomic mass is 10.2. The van der Waals surface area contributed by atoms with Gasteiger partial charge in [-0.2, -0.15) is 5.10 Å². The summed E-state index contributed by atoms with van der Waals surface area (Å²) in [5, 5.41) is 4.35. The number of benzene rings is 1. The molecule has 0 aliphatic heterocycles. The second-order valence-electron chi connectivity index (χ2n) is 4.80. The van der Waals surface area contributed by atoms with Gasteiger partial charge in [-0.1, -0.05) is 15.9 Å². The van der Waals surface area contributed by atoms with Crippen LogP contribution in [0.3, 0.4) is 0 Å². The number of hydrogen-bond acceptors (Lipinski definition) is 4. The molecule has 7 heteroatoms. The molecule has 0 spiro atoms. The first-order valence-corrected chi connectivity index (χ1v) is 8.25. The summed E-state index contributed by atoms with van der Waals surface area (Å²) >= 11 is 5.74. The Labute approximate surface area is 145 Å². The normalized spacial score (nSPS) is 11.5. The van der Waals surface area contributed by atoms with Crippen molar-refractivity contribution in [2.24, 2.45) is 5.10 Å². The van der Waals surface area contributed by atoms with Crippen LogP contribution in [-0.2, 0) is 0 Å². The zero-order valence-corrected chi connectivity index (χ0v) is 15.7. The molecule has 5 nitrogen and oxygen atoms in total. The van der Waals surface area contributed by atoms with Crippen LogP contribution in [-0.4, -0.2) is 22.0 Å². The Balaban J connectivity index is 2.40. The van der Waals surface area contributed by atoms with Gasteiger partial charge < -0.3 is 10.5 Å². The summed E-state index contributed by atoms with van der Waals surface area (Å²) in [5.41, 5.74) is 7.49. The molecular weight excluding hydrogens is 447 g/mol. The number of aromatic nitrogens is 2. The molecule has 2 aromatic rings. The van der Waals surface area contributed by atoms with E-state index in [1.165, 1.54) is 0 Å². The smallest absolute Gasteiger partial charge is 0.221 e. The second kappa shape index (κ2) is 6.78. The summed E-state index contributed by atoms with van der Waals surface area (Å²) in [4.78, 5) is 4.11. The summed E-state index contributed by atoms with van der Waals surface area (Å²) in [6.45, 7) is 5.87. The number of anilines is 1. The molecular formula is C14H16BrIN4O.